The molecule has 0 aromatic rings. The molecular formula is C8H14FNO2. The van der Waals surface area contributed by atoms with E-state index < -0.39 is 18.1 Å². The molecule has 0 aromatic heterocycles. The zero-order chi connectivity index (χ0) is 9.03. The van der Waals surface area contributed by atoms with E-state index in [1.165, 1.54) is 0 Å². The second-order valence-electron chi connectivity index (χ2n) is 3.45. The Hall–Kier alpha value is -0.640. The van der Waals surface area contributed by atoms with Crippen LogP contribution in [0.2, 0.25) is 0 Å². The third-order valence-corrected chi connectivity index (χ3v) is 2.47. The van der Waals surface area contributed by atoms with Gasteiger partial charge in [-0.1, -0.05) is 0 Å². The Morgan fingerprint density at radius 1 is 1.50 bits per heavy atom. The van der Waals surface area contributed by atoms with Crippen LogP contribution in [0.5, 0.6) is 0 Å². The topological polar surface area (TPSA) is 49.3 Å². The molecule has 0 bridgehead atoms. The number of carboxylic acid groups (broad SMARTS) is 1. The lowest BCUT2D eigenvalue weighted by atomic mass is 9.77. The van der Waals surface area contributed by atoms with Crippen molar-refractivity contribution < 1.29 is 14.3 Å². The summed E-state index contributed by atoms with van der Waals surface area (Å²) >= 11 is 0. The average Bonchev–Trinajstić information content (AvgIpc) is 2.05. The van der Waals surface area contributed by atoms with Crippen molar-refractivity contribution in [1.82, 2.24) is 5.32 Å². The van der Waals surface area contributed by atoms with Crippen LogP contribution in [-0.2, 0) is 4.79 Å². The van der Waals surface area contributed by atoms with Crippen LogP contribution in [0.3, 0.4) is 0 Å². The largest absolute Gasteiger partial charge is 0.481 e. The maximum absolute atomic E-state index is 12.6. The van der Waals surface area contributed by atoms with Crippen LogP contribution < -0.4 is 5.32 Å². The van der Waals surface area contributed by atoms with Crippen molar-refractivity contribution in [1.29, 1.82) is 0 Å². The molecule has 0 saturated carbocycles. The van der Waals surface area contributed by atoms with Crippen LogP contribution in [0, 0.1) is 5.41 Å². The van der Waals surface area contributed by atoms with E-state index >= 15 is 0 Å². The van der Waals surface area contributed by atoms with E-state index in [9.17, 15) is 9.18 Å². The summed E-state index contributed by atoms with van der Waals surface area (Å²) in [6.45, 7) is 0.954. The summed E-state index contributed by atoms with van der Waals surface area (Å²) in [7, 11) is 0. The zero-order valence-corrected chi connectivity index (χ0v) is 6.98. The molecule has 0 atom stereocenters. The highest BCUT2D eigenvalue weighted by molar-refractivity contribution is 5.67. The summed E-state index contributed by atoms with van der Waals surface area (Å²) in [5, 5.41) is 11.7. The van der Waals surface area contributed by atoms with Crippen LogP contribution in [-0.4, -0.2) is 30.8 Å². The van der Waals surface area contributed by atoms with E-state index in [0.717, 1.165) is 13.1 Å². The number of nitrogens with one attached hydrogen (secondary N) is 1. The molecule has 0 aliphatic carbocycles. The number of hydrogen-bond acceptors (Lipinski definition) is 2. The first kappa shape index (κ1) is 9.45. The van der Waals surface area contributed by atoms with Crippen LogP contribution in [0.15, 0.2) is 0 Å². The van der Waals surface area contributed by atoms with Gasteiger partial charge in [0.25, 0.3) is 0 Å². The number of aliphatic carboxylic acids is 1. The van der Waals surface area contributed by atoms with E-state index in [-0.39, 0.29) is 6.42 Å². The first-order valence-electron chi connectivity index (χ1n) is 4.17. The fourth-order valence-corrected chi connectivity index (χ4v) is 1.64. The average molecular weight is 175 g/mol. The van der Waals surface area contributed by atoms with Crippen molar-refractivity contribution in [3.05, 3.63) is 0 Å². The molecule has 70 valence electrons. The second kappa shape index (κ2) is 3.85. The Labute approximate surface area is 71.0 Å². The summed E-state index contributed by atoms with van der Waals surface area (Å²) < 4.78 is 12.6. The number of alkyl halides is 1. The van der Waals surface area contributed by atoms with E-state index in [1.54, 1.807) is 0 Å². The van der Waals surface area contributed by atoms with Gasteiger partial charge in [0.2, 0.25) is 0 Å². The van der Waals surface area contributed by atoms with Gasteiger partial charge in [-0.2, -0.15) is 0 Å². The van der Waals surface area contributed by atoms with Gasteiger partial charge in [-0.05, 0) is 25.9 Å². The number of carboxylic acids is 1. The SMILES string of the molecule is O=C(O)CC1(CF)CCNCC1. The van der Waals surface area contributed by atoms with Crippen molar-refractivity contribution in [2.45, 2.75) is 19.3 Å². The minimum Gasteiger partial charge on any atom is -0.481 e. The molecule has 1 heterocycles. The summed E-state index contributed by atoms with van der Waals surface area (Å²) in [4.78, 5) is 10.4. The Bertz CT molecular complexity index is 166. The molecule has 1 aliphatic rings. The molecule has 2 N–H and O–H groups in total. The minimum absolute atomic E-state index is 0.0365. The Morgan fingerprint density at radius 2 is 2.08 bits per heavy atom. The third-order valence-electron chi connectivity index (χ3n) is 2.47. The number of carbonyl (C=O) groups is 1. The molecule has 0 amide bonds. The van der Waals surface area contributed by atoms with E-state index in [2.05, 4.69) is 5.32 Å². The van der Waals surface area contributed by atoms with E-state index in [0.29, 0.717) is 12.8 Å². The molecule has 12 heavy (non-hydrogen) atoms. The van der Waals surface area contributed by atoms with Crippen LogP contribution in [0.1, 0.15) is 19.3 Å². The fourth-order valence-electron chi connectivity index (χ4n) is 1.64. The Morgan fingerprint density at radius 3 is 2.50 bits per heavy atom. The maximum Gasteiger partial charge on any atom is 0.304 e. The Balaban J connectivity index is 2.53. The van der Waals surface area contributed by atoms with Crippen molar-refractivity contribution >= 4 is 5.97 Å². The second-order valence-corrected chi connectivity index (χ2v) is 3.45. The first-order valence-corrected chi connectivity index (χ1v) is 4.17. The molecule has 0 unspecified atom stereocenters. The number of piperidine rings is 1. The van der Waals surface area contributed by atoms with Crippen molar-refractivity contribution in [2.24, 2.45) is 5.41 Å². The van der Waals surface area contributed by atoms with Gasteiger partial charge in [-0.15, -0.1) is 0 Å². The highest BCUT2D eigenvalue weighted by atomic mass is 19.1. The normalized spacial score (nSPS) is 22.1. The standard InChI is InChI=1S/C8H14FNO2/c9-6-8(5-7(11)12)1-3-10-4-2-8/h10H,1-6H2,(H,11,12). The van der Waals surface area contributed by atoms with Crippen LogP contribution in [0.4, 0.5) is 4.39 Å². The van der Waals surface area contributed by atoms with E-state index in [1.807, 2.05) is 0 Å². The van der Waals surface area contributed by atoms with Gasteiger partial charge in [0.1, 0.15) is 0 Å². The molecule has 1 saturated heterocycles. The van der Waals surface area contributed by atoms with Crippen LogP contribution >= 0.6 is 0 Å². The monoisotopic (exact) mass is 175 g/mol. The van der Waals surface area contributed by atoms with E-state index in [4.69, 9.17) is 5.11 Å². The van der Waals surface area contributed by atoms with Crippen LogP contribution in [0.25, 0.3) is 0 Å². The molecule has 0 radical (unpaired) electrons. The van der Waals surface area contributed by atoms with Gasteiger partial charge in [0, 0.05) is 5.41 Å². The van der Waals surface area contributed by atoms with Gasteiger partial charge in [-0.25, -0.2) is 0 Å². The zero-order valence-electron chi connectivity index (χ0n) is 6.98. The highest BCUT2D eigenvalue weighted by Gasteiger charge is 2.34. The molecule has 0 spiro atoms. The summed E-state index contributed by atoms with van der Waals surface area (Å²) in [5.41, 5.74) is -0.586. The molecule has 1 fully saturated rings. The first-order chi connectivity index (χ1) is 5.68. The molecular weight excluding hydrogens is 161 g/mol. The van der Waals surface area contributed by atoms with Gasteiger partial charge in [0.15, 0.2) is 0 Å². The van der Waals surface area contributed by atoms with Gasteiger partial charge < -0.3 is 10.4 Å². The molecule has 3 nitrogen and oxygen atoms in total. The van der Waals surface area contributed by atoms with Crippen molar-refractivity contribution in [3.8, 4) is 0 Å². The predicted octanol–water partition coefficient (Wildman–Crippen LogP) is 0.800. The lowest BCUT2D eigenvalue weighted by Gasteiger charge is -2.33. The van der Waals surface area contributed by atoms with Gasteiger partial charge in [0.05, 0.1) is 13.1 Å². The summed E-state index contributed by atoms with van der Waals surface area (Å²) in [5.74, 6) is -0.894. The molecule has 0 aromatic carbocycles. The third kappa shape index (κ3) is 2.17. The predicted molar refractivity (Wildman–Crippen MR) is 42.8 cm³/mol. The summed E-state index contributed by atoms with van der Waals surface area (Å²) in [6, 6.07) is 0. The Kier molecular flexibility index (Phi) is 3.03. The highest BCUT2D eigenvalue weighted by Crippen LogP contribution is 2.32. The lowest BCUT2D eigenvalue weighted by Crippen LogP contribution is -2.39. The number of hydrogen-bond donors (Lipinski definition) is 2. The maximum atomic E-state index is 12.6. The van der Waals surface area contributed by atoms with Gasteiger partial charge >= 0.3 is 5.97 Å². The number of rotatable bonds is 3. The van der Waals surface area contributed by atoms with Crippen molar-refractivity contribution in [3.63, 3.8) is 0 Å². The molecule has 1 aliphatic heterocycles. The minimum atomic E-state index is -0.894. The van der Waals surface area contributed by atoms with Gasteiger partial charge in [-0.3, -0.25) is 9.18 Å². The van der Waals surface area contributed by atoms with Crippen molar-refractivity contribution in [2.75, 3.05) is 19.8 Å². The number of halogens is 1. The smallest absolute Gasteiger partial charge is 0.304 e. The summed E-state index contributed by atoms with van der Waals surface area (Å²) in [6.07, 6.45) is 1.23. The lowest BCUT2D eigenvalue weighted by molar-refractivity contribution is -0.140. The fraction of sp³-hybridized carbons (Fsp3) is 0.875. The molecule has 4 heteroatoms. The quantitative estimate of drug-likeness (QED) is 0.667. The molecule has 1 rings (SSSR count).